The van der Waals surface area contributed by atoms with Crippen LogP contribution in [0.1, 0.15) is 36.0 Å². The van der Waals surface area contributed by atoms with E-state index in [9.17, 15) is 5.11 Å². The lowest BCUT2D eigenvalue weighted by molar-refractivity contribution is -0.0523. The number of aliphatic hydroxyl groups excluding tert-OH is 1. The number of nitrogens with zero attached hydrogens (tertiary/aromatic N) is 2. The highest BCUT2D eigenvalue weighted by Crippen LogP contribution is 2.39. The smallest absolute Gasteiger partial charge is 0.162 e. The molecule has 0 bridgehead atoms. The van der Waals surface area contributed by atoms with Gasteiger partial charge in [-0.1, -0.05) is 24.3 Å². The van der Waals surface area contributed by atoms with Gasteiger partial charge in [0.2, 0.25) is 0 Å². The van der Waals surface area contributed by atoms with Crippen molar-refractivity contribution in [3.8, 4) is 5.75 Å². The number of methoxy groups -OCH3 is 1. The van der Waals surface area contributed by atoms with Gasteiger partial charge in [-0.25, -0.2) is 0 Å². The average Bonchev–Trinajstić information content (AvgIpc) is 2.96. The van der Waals surface area contributed by atoms with Gasteiger partial charge in [0.05, 0.1) is 19.9 Å². The van der Waals surface area contributed by atoms with E-state index in [4.69, 9.17) is 9.47 Å². The van der Waals surface area contributed by atoms with E-state index in [-0.39, 0.29) is 6.10 Å². The van der Waals surface area contributed by atoms with Crippen LogP contribution in [0, 0.1) is 0 Å². The van der Waals surface area contributed by atoms with Crippen molar-refractivity contribution in [2.24, 2.45) is 0 Å². The summed E-state index contributed by atoms with van der Waals surface area (Å²) in [6, 6.07) is 8.10. The first-order valence-electron chi connectivity index (χ1n) is 7.23. The van der Waals surface area contributed by atoms with Gasteiger partial charge >= 0.3 is 0 Å². The van der Waals surface area contributed by atoms with Crippen LogP contribution in [0.15, 0.2) is 30.5 Å². The lowest BCUT2D eigenvalue weighted by Crippen LogP contribution is -2.24. The Morgan fingerprint density at radius 1 is 1.48 bits per heavy atom. The minimum Gasteiger partial charge on any atom is -0.493 e. The van der Waals surface area contributed by atoms with Crippen LogP contribution in [0.2, 0.25) is 0 Å². The fraction of sp³-hybridized carbons (Fsp3) is 0.438. The van der Waals surface area contributed by atoms with E-state index in [1.54, 1.807) is 18.0 Å². The van der Waals surface area contributed by atoms with Crippen LogP contribution in [-0.4, -0.2) is 28.6 Å². The molecule has 0 aliphatic carbocycles. The monoisotopic (exact) mass is 288 g/mol. The maximum Gasteiger partial charge on any atom is 0.162 e. The Hall–Kier alpha value is -1.85. The third-order valence-corrected chi connectivity index (χ3v) is 3.96. The van der Waals surface area contributed by atoms with Gasteiger partial charge in [-0.15, -0.1) is 0 Å². The van der Waals surface area contributed by atoms with Gasteiger partial charge in [0.25, 0.3) is 0 Å². The molecule has 1 aliphatic heterocycles. The van der Waals surface area contributed by atoms with Gasteiger partial charge in [-0.05, 0) is 24.5 Å². The highest BCUT2D eigenvalue weighted by atomic mass is 16.5. The third-order valence-electron chi connectivity index (χ3n) is 3.96. The molecular weight excluding hydrogens is 268 g/mol. The zero-order valence-corrected chi connectivity index (χ0v) is 12.3. The molecule has 1 aromatic heterocycles. The molecule has 1 aliphatic rings. The molecule has 2 aromatic rings. The molecule has 2 heterocycles. The summed E-state index contributed by atoms with van der Waals surface area (Å²) in [5.74, 6) is 0.594. The minimum atomic E-state index is -0.802. The van der Waals surface area contributed by atoms with Crippen molar-refractivity contribution in [3.63, 3.8) is 0 Å². The van der Waals surface area contributed by atoms with Gasteiger partial charge in [0.15, 0.2) is 5.75 Å². The fourth-order valence-electron chi connectivity index (χ4n) is 2.92. The van der Waals surface area contributed by atoms with Crippen LogP contribution >= 0.6 is 0 Å². The first-order valence-corrected chi connectivity index (χ1v) is 7.23. The average molecular weight is 288 g/mol. The van der Waals surface area contributed by atoms with Crippen molar-refractivity contribution in [1.29, 1.82) is 0 Å². The lowest BCUT2D eigenvalue weighted by atomic mass is 9.93. The number of fused-ring (bicyclic) bond motifs is 1. The quantitative estimate of drug-likeness (QED) is 0.937. The largest absolute Gasteiger partial charge is 0.493 e. The Morgan fingerprint density at radius 3 is 3.05 bits per heavy atom. The number of rotatable bonds is 4. The van der Waals surface area contributed by atoms with E-state index in [0.717, 1.165) is 12.0 Å². The number of hydrogen-bond acceptors (Lipinski definition) is 4. The topological polar surface area (TPSA) is 56.5 Å². The van der Waals surface area contributed by atoms with Gasteiger partial charge in [-0.3, -0.25) is 4.68 Å². The first kappa shape index (κ1) is 14.1. The van der Waals surface area contributed by atoms with Crippen molar-refractivity contribution < 1.29 is 14.6 Å². The summed E-state index contributed by atoms with van der Waals surface area (Å²) in [5, 5.41) is 15.1. The molecule has 2 atom stereocenters. The second-order valence-electron chi connectivity index (χ2n) is 5.10. The van der Waals surface area contributed by atoms with Crippen molar-refractivity contribution in [3.05, 3.63) is 47.3 Å². The molecule has 0 saturated carbocycles. The molecule has 112 valence electrons. The predicted molar refractivity (Wildman–Crippen MR) is 78.3 cm³/mol. The number of aryl methyl sites for hydroxylation is 1. The maximum absolute atomic E-state index is 10.8. The summed E-state index contributed by atoms with van der Waals surface area (Å²) in [6.07, 6.45) is 1.33. The molecule has 5 heteroatoms. The highest BCUT2D eigenvalue weighted by Gasteiger charge is 2.32. The number of hydrogen-bond donors (Lipinski definition) is 1. The van der Waals surface area contributed by atoms with Crippen LogP contribution in [0.3, 0.4) is 0 Å². The third kappa shape index (κ3) is 2.43. The second-order valence-corrected chi connectivity index (χ2v) is 5.10. The standard InChI is InChI=1S/C16H20N2O3/c1-3-18-14(13(20-2)10-17-18)15(19)16-12-7-5-4-6-11(12)8-9-21-16/h4-7,10,15-16,19H,3,8-9H2,1-2H3. The van der Waals surface area contributed by atoms with Gasteiger partial charge in [0.1, 0.15) is 17.9 Å². The van der Waals surface area contributed by atoms with Crippen molar-refractivity contribution >= 4 is 0 Å². The summed E-state index contributed by atoms with van der Waals surface area (Å²) >= 11 is 0. The van der Waals surface area contributed by atoms with E-state index in [2.05, 4.69) is 11.2 Å². The van der Waals surface area contributed by atoms with Gasteiger partial charge < -0.3 is 14.6 Å². The zero-order chi connectivity index (χ0) is 14.8. The number of benzene rings is 1. The first-order chi connectivity index (χ1) is 10.3. The van der Waals surface area contributed by atoms with Crippen LogP contribution in [0.25, 0.3) is 0 Å². The summed E-state index contributed by atoms with van der Waals surface area (Å²) in [7, 11) is 1.59. The van der Waals surface area contributed by atoms with E-state index in [1.165, 1.54) is 5.56 Å². The zero-order valence-electron chi connectivity index (χ0n) is 12.3. The molecule has 0 amide bonds. The molecule has 1 N–H and O–H groups in total. The Morgan fingerprint density at radius 2 is 2.29 bits per heavy atom. The SMILES string of the molecule is CCn1ncc(OC)c1C(O)C1OCCc2ccccc21. The molecule has 1 aromatic carbocycles. The van der Waals surface area contributed by atoms with E-state index in [1.807, 2.05) is 25.1 Å². The molecule has 2 unspecified atom stereocenters. The molecule has 5 nitrogen and oxygen atoms in total. The Labute approximate surface area is 124 Å². The van der Waals surface area contributed by atoms with Crippen molar-refractivity contribution in [2.45, 2.75) is 32.1 Å². The molecule has 3 rings (SSSR count). The number of ether oxygens (including phenoxy) is 2. The molecule has 0 fully saturated rings. The molecule has 21 heavy (non-hydrogen) atoms. The molecule has 0 radical (unpaired) electrons. The maximum atomic E-state index is 10.8. The summed E-state index contributed by atoms with van der Waals surface area (Å²) in [5.41, 5.74) is 2.94. The fourth-order valence-corrected chi connectivity index (χ4v) is 2.92. The van der Waals surface area contributed by atoms with Crippen LogP contribution in [0.5, 0.6) is 5.75 Å². The number of aliphatic hydroxyl groups is 1. The van der Waals surface area contributed by atoms with Crippen molar-refractivity contribution in [1.82, 2.24) is 9.78 Å². The van der Waals surface area contributed by atoms with Gasteiger partial charge in [0, 0.05) is 6.54 Å². The lowest BCUT2D eigenvalue weighted by Gasteiger charge is -2.30. The predicted octanol–water partition coefficient (Wildman–Crippen LogP) is 2.26. The van der Waals surface area contributed by atoms with Crippen LogP contribution in [-0.2, 0) is 17.7 Å². The summed E-state index contributed by atoms with van der Waals surface area (Å²) < 4.78 is 12.9. The summed E-state index contributed by atoms with van der Waals surface area (Å²) in [4.78, 5) is 0. The number of aromatic nitrogens is 2. The van der Waals surface area contributed by atoms with Crippen molar-refractivity contribution in [2.75, 3.05) is 13.7 Å². The van der Waals surface area contributed by atoms with E-state index < -0.39 is 6.10 Å². The molecule has 0 saturated heterocycles. The minimum absolute atomic E-state index is 0.383. The second kappa shape index (κ2) is 5.87. The molecule has 0 spiro atoms. The Balaban J connectivity index is 2.00. The van der Waals surface area contributed by atoms with E-state index >= 15 is 0 Å². The molecular formula is C16H20N2O3. The van der Waals surface area contributed by atoms with Gasteiger partial charge in [-0.2, -0.15) is 5.10 Å². The normalized spacial score (nSPS) is 19.1. The van der Waals surface area contributed by atoms with Crippen LogP contribution in [0.4, 0.5) is 0 Å². The summed E-state index contributed by atoms with van der Waals surface area (Å²) in [6.45, 7) is 3.27. The Bertz CT molecular complexity index is 602. The Kier molecular flexibility index (Phi) is 3.94. The van der Waals surface area contributed by atoms with Crippen LogP contribution < -0.4 is 4.74 Å². The van der Waals surface area contributed by atoms with E-state index in [0.29, 0.717) is 24.6 Å². The highest BCUT2D eigenvalue weighted by molar-refractivity contribution is 5.35.